The van der Waals surface area contributed by atoms with E-state index in [9.17, 15) is 18.8 Å². The van der Waals surface area contributed by atoms with Gasteiger partial charge in [0.15, 0.2) is 0 Å². The topological polar surface area (TPSA) is 136 Å². The molecule has 11 nitrogen and oxygen atoms in total. The van der Waals surface area contributed by atoms with Crippen LogP contribution in [0.3, 0.4) is 0 Å². The van der Waals surface area contributed by atoms with Gasteiger partial charge in [0, 0.05) is 13.0 Å². The molecule has 2 aromatic heterocycles. The summed E-state index contributed by atoms with van der Waals surface area (Å²) in [6, 6.07) is 24.5. The molecule has 12 heteroatoms. The molecular weight excluding hydrogens is 649 g/mol. The zero-order valence-corrected chi connectivity index (χ0v) is 28.5. The zero-order chi connectivity index (χ0) is 35.5. The summed E-state index contributed by atoms with van der Waals surface area (Å²) >= 11 is 0. The Morgan fingerprint density at radius 3 is 2.00 bits per heavy atom. The van der Waals surface area contributed by atoms with Crippen molar-refractivity contribution >= 4 is 17.9 Å². The number of alkyl halides is 1. The Balaban J connectivity index is 0.997. The zero-order valence-electron chi connectivity index (χ0n) is 28.5. The fourth-order valence-corrected chi connectivity index (χ4v) is 7.04. The van der Waals surface area contributed by atoms with Crippen molar-refractivity contribution in [1.29, 1.82) is 0 Å². The maximum Gasteiger partial charge on any atom is 0.407 e. The number of benzene rings is 3. The summed E-state index contributed by atoms with van der Waals surface area (Å²) in [7, 11) is 1.27. The van der Waals surface area contributed by atoms with Crippen LogP contribution < -0.4 is 5.32 Å². The predicted molar refractivity (Wildman–Crippen MR) is 190 cm³/mol. The molecule has 0 spiro atoms. The van der Waals surface area contributed by atoms with Crippen LogP contribution in [0.15, 0.2) is 91.3 Å². The number of carbonyl (C=O) groups is 3. The number of aromatic nitrogens is 4. The quantitative estimate of drug-likeness (QED) is 0.164. The Hall–Kier alpha value is -5.78. The van der Waals surface area contributed by atoms with Gasteiger partial charge < -0.3 is 29.8 Å². The van der Waals surface area contributed by atoms with Crippen LogP contribution in [0.1, 0.15) is 55.5 Å². The van der Waals surface area contributed by atoms with Gasteiger partial charge in [-0.3, -0.25) is 9.59 Å². The number of carbonyl (C=O) groups excluding carboxylic acids is 3. The van der Waals surface area contributed by atoms with Crippen molar-refractivity contribution in [1.82, 2.24) is 35.1 Å². The minimum Gasteiger partial charge on any atom is -0.453 e. The van der Waals surface area contributed by atoms with Crippen LogP contribution in [-0.2, 0) is 20.7 Å². The molecule has 2 aliphatic heterocycles. The third kappa shape index (κ3) is 7.26. The monoisotopic (exact) mass is 689 g/mol. The molecule has 7 rings (SSSR count). The number of nitrogens with one attached hydrogen (secondary N) is 3. The van der Waals surface area contributed by atoms with Crippen LogP contribution in [-0.4, -0.2) is 80.1 Å². The summed E-state index contributed by atoms with van der Waals surface area (Å²) < 4.78 is 19.2. The summed E-state index contributed by atoms with van der Waals surface area (Å²) in [6.07, 6.45) is 3.86. The SMILES string of the molecule is COC(=O)N[C@@H](C)C(=O)N1CCC[C@H]1c1ncc(-c2ccc(-c3ccc(-c4cnc([C@@H]5C[C@H](F)CN5C(=O)Cc5ccccc5)[nH]4)cc3)cc2)[nH]1. The van der Waals surface area contributed by atoms with E-state index in [1.54, 1.807) is 29.1 Å². The Kier molecular flexibility index (Phi) is 9.65. The molecule has 0 aliphatic carbocycles. The first-order chi connectivity index (χ1) is 24.8. The molecule has 4 atom stereocenters. The molecule has 0 bridgehead atoms. The van der Waals surface area contributed by atoms with Crippen molar-refractivity contribution in [2.24, 2.45) is 0 Å². The van der Waals surface area contributed by atoms with Crippen molar-refractivity contribution in [3.8, 4) is 33.6 Å². The van der Waals surface area contributed by atoms with Gasteiger partial charge in [-0.05, 0) is 47.6 Å². The molecule has 262 valence electrons. The highest BCUT2D eigenvalue weighted by molar-refractivity contribution is 5.86. The Bertz CT molecular complexity index is 1990. The van der Waals surface area contributed by atoms with Crippen LogP contribution in [0.5, 0.6) is 0 Å². The second kappa shape index (κ2) is 14.6. The molecule has 3 aromatic carbocycles. The third-order valence-electron chi connectivity index (χ3n) is 9.74. The molecule has 2 fully saturated rings. The number of imidazole rings is 2. The van der Waals surface area contributed by atoms with Crippen LogP contribution in [0, 0.1) is 0 Å². The Morgan fingerprint density at radius 2 is 1.41 bits per heavy atom. The van der Waals surface area contributed by atoms with Crippen molar-refractivity contribution in [2.45, 2.75) is 56.9 Å². The lowest BCUT2D eigenvalue weighted by Crippen LogP contribution is -2.46. The molecule has 2 saturated heterocycles. The normalized spacial score (nSPS) is 19.2. The van der Waals surface area contributed by atoms with E-state index in [4.69, 9.17) is 0 Å². The number of rotatable bonds is 9. The average molecular weight is 690 g/mol. The average Bonchev–Trinajstić information content (AvgIpc) is 3.98. The maximum atomic E-state index is 14.6. The minimum atomic E-state index is -1.09. The summed E-state index contributed by atoms with van der Waals surface area (Å²) in [6.45, 7) is 2.31. The van der Waals surface area contributed by atoms with Gasteiger partial charge in [0.05, 0.1) is 55.9 Å². The lowest BCUT2D eigenvalue weighted by molar-refractivity contribution is -0.134. The van der Waals surface area contributed by atoms with Crippen LogP contribution in [0.25, 0.3) is 33.6 Å². The first-order valence-electron chi connectivity index (χ1n) is 17.2. The second-order valence-electron chi connectivity index (χ2n) is 13.1. The van der Waals surface area contributed by atoms with Gasteiger partial charge in [-0.15, -0.1) is 0 Å². The van der Waals surface area contributed by atoms with E-state index in [2.05, 4.69) is 42.1 Å². The smallest absolute Gasteiger partial charge is 0.407 e. The number of H-pyrrole nitrogens is 2. The minimum absolute atomic E-state index is 0.0680. The van der Waals surface area contributed by atoms with Gasteiger partial charge in [0.1, 0.15) is 23.9 Å². The molecule has 0 unspecified atom stereocenters. The van der Waals surface area contributed by atoms with Gasteiger partial charge in [-0.1, -0.05) is 78.9 Å². The van der Waals surface area contributed by atoms with Gasteiger partial charge in [-0.2, -0.15) is 0 Å². The number of nitrogens with zero attached hydrogens (tertiary/aromatic N) is 4. The third-order valence-corrected chi connectivity index (χ3v) is 9.74. The number of hydrogen-bond donors (Lipinski definition) is 3. The van der Waals surface area contributed by atoms with Crippen LogP contribution in [0.2, 0.25) is 0 Å². The maximum absolute atomic E-state index is 14.6. The first kappa shape index (κ1) is 33.7. The molecule has 0 radical (unpaired) electrons. The number of amides is 3. The number of halogens is 1. The van der Waals surface area contributed by atoms with E-state index < -0.39 is 24.3 Å². The molecule has 2 aliphatic rings. The highest BCUT2D eigenvalue weighted by Gasteiger charge is 2.38. The standard InChI is InChI=1S/C39H40FN7O4/c1-24(43-39(50)51-2)38(49)46-18-6-9-33(46)36-41-21-31(44-36)28-14-10-26(11-15-28)27-12-16-29(17-13-27)32-22-42-37(45-32)34-20-30(40)23-47(34)35(48)19-25-7-4-3-5-8-25/h3-5,7-8,10-17,21-22,24,30,33-34H,6,9,18-20,23H2,1-2H3,(H,41,44)(H,42,45)(H,43,50)/t24-,30-,33-,34-/m0/s1. The van der Waals surface area contributed by atoms with Gasteiger partial charge in [0.2, 0.25) is 11.8 Å². The van der Waals surface area contributed by atoms with Crippen LogP contribution >= 0.6 is 0 Å². The van der Waals surface area contributed by atoms with Crippen molar-refractivity contribution in [3.05, 3.63) is 108 Å². The number of likely N-dealkylation sites (tertiary alicyclic amines) is 2. The van der Waals surface area contributed by atoms with E-state index in [0.29, 0.717) is 18.2 Å². The van der Waals surface area contributed by atoms with Crippen molar-refractivity contribution in [2.75, 3.05) is 20.2 Å². The van der Waals surface area contributed by atoms with E-state index in [1.165, 1.54) is 7.11 Å². The highest BCUT2D eigenvalue weighted by atomic mass is 19.1. The summed E-state index contributed by atoms with van der Waals surface area (Å²) in [5, 5.41) is 2.55. The fraction of sp³-hybridized carbons (Fsp3) is 0.308. The van der Waals surface area contributed by atoms with Crippen molar-refractivity contribution in [3.63, 3.8) is 0 Å². The molecule has 3 N–H and O–H groups in total. The molecule has 3 amide bonds. The lowest BCUT2D eigenvalue weighted by atomic mass is 10.0. The van der Waals surface area contributed by atoms with E-state index >= 15 is 0 Å². The molecule has 0 saturated carbocycles. The van der Waals surface area contributed by atoms with E-state index in [-0.39, 0.29) is 37.2 Å². The first-order valence-corrected chi connectivity index (χ1v) is 17.2. The van der Waals surface area contributed by atoms with Crippen molar-refractivity contribution < 1.29 is 23.5 Å². The fourth-order valence-electron chi connectivity index (χ4n) is 7.04. The van der Waals surface area contributed by atoms with Crippen LogP contribution in [0.4, 0.5) is 9.18 Å². The highest BCUT2D eigenvalue weighted by Crippen LogP contribution is 2.35. The molecular formula is C39H40FN7O4. The number of hydrogen-bond acceptors (Lipinski definition) is 6. The summed E-state index contributed by atoms with van der Waals surface area (Å²) in [4.78, 5) is 57.1. The summed E-state index contributed by atoms with van der Waals surface area (Å²) in [5.41, 5.74) is 6.54. The Labute approximate surface area is 295 Å². The number of aromatic amines is 2. The number of methoxy groups -OCH3 is 1. The largest absolute Gasteiger partial charge is 0.453 e. The number of alkyl carbamates (subject to hydrolysis) is 1. The predicted octanol–water partition coefficient (Wildman–Crippen LogP) is 6.40. The Morgan fingerprint density at radius 1 is 0.843 bits per heavy atom. The van der Waals surface area contributed by atoms with Gasteiger partial charge in [0.25, 0.3) is 0 Å². The second-order valence-corrected chi connectivity index (χ2v) is 13.1. The number of ether oxygens (including phenoxy) is 1. The summed E-state index contributed by atoms with van der Waals surface area (Å²) in [5.74, 6) is 1.02. The van der Waals surface area contributed by atoms with Gasteiger partial charge in [-0.25, -0.2) is 19.2 Å². The molecule has 4 heterocycles. The lowest BCUT2D eigenvalue weighted by Gasteiger charge is -2.26. The molecule has 51 heavy (non-hydrogen) atoms. The molecule has 5 aromatic rings. The van der Waals surface area contributed by atoms with Gasteiger partial charge >= 0.3 is 6.09 Å². The van der Waals surface area contributed by atoms with E-state index in [1.807, 2.05) is 66.7 Å². The van der Waals surface area contributed by atoms with E-state index in [0.717, 1.165) is 52.0 Å².